The summed E-state index contributed by atoms with van der Waals surface area (Å²) in [6.45, 7) is 6.02. The minimum absolute atomic E-state index is 0.0508. The number of hydrogen-bond acceptors (Lipinski definition) is 3. The van der Waals surface area contributed by atoms with Gasteiger partial charge in [0.1, 0.15) is 0 Å². The SMILES string of the molecule is C/C=C(\NC(=O)CCc1ccc(-c2ccccc2)cc1)SC=C(C)C.CO. The molecule has 3 nitrogen and oxygen atoms in total. The molecule has 144 valence electrons. The Morgan fingerprint density at radius 1 is 1.00 bits per heavy atom. The number of hydrogen-bond donors (Lipinski definition) is 2. The molecular formula is C23H29NO2S. The van der Waals surface area contributed by atoms with Crippen LogP contribution in [0.25, 0.3) is 11.1 Å². The molecule has 27 heavy (non-hydrogen) atoms. The van der Waals surface area contributed by atoms with Gasteiger partial charge in [-0.1, -0.05) is 78.0 Å². The normalized spacial score (nSPS) is 10.5. The van der Waals surface area contributed by atoms with Crippen molar-refractivity contribution in [1.29, 1.82) is 0 Å². The molecule has 0 aliphatic heterocycles. The standard InChI is InChI=1S/C22H25NOS.CH4O/c1-4-22(25-16-17(2)3)23-21(24)15-12-18-10-13-20(14-11-18)19-8-6-5-7-9-19;1-2/h4-11,13-14,16H,12,15H2,1-3H3,(H,23,24);2H,1H3/b22-4+;. The maximum absolute atomic E-state index is 12.1. The monoisotopic (exact) mass is 383 g/mol. The Kier molecular flexibility index (Phi) is 10.9. The van der Waals surface area contributed by atoms with E-state index < -0.39 is 0 Å². The van der Waals surface area contributed by atoms with Crippen LogP contribution in [0.1, 0.15) is 32.8 Å². The summed E-state index contributed by atoms with van der Waals surface area (Å²) in [7, 11) is 1.00. The van der Waals surface area contributed by atoms with E-state index in [9.17, 15) is 4.79 Å². The molecule has 0 saturated carbocycles. The van der Waals surface area contributed by atoms with Crippen LogP contribution in [0, 0.1) is 0 Å². The van der Waals surface area contributed by atoms with Crippen molar-refractivity contribution < 1.29 is 9.90 Å². The summed E-state index contributed by atoms with van der Waals surface area (Å²) in [4.78, 5) is 12.1. The van der Waals surface area contributed by atoms with Crippen molar-refractivity contribution in [2.45, 2.75) is 33.6 Å². The van der Waals surface area contributed by atoms with Crippen LogP contribution in [0.5, 0.6) is 0 Å². The average molecular weight is 384 g/mol. The van der Waals surface area contributed by atoms with Gasteiger partial charge >= 0.3 is 0 Å². The highest BCUT2D eigenvalue weighted by molar-refractivity contribution is 8.05. The first-order chi connectivity index (χ1) is 13.1. The van der Waals surface area contributed by atoms with E-state index in [1.54, 1.807) is 11.8 Å². The van der Waals surface area contributed by atoms with Crippen LogP contribution in [0.2, 0.25) is 0 Å². The molecule has 0 bridgehead atoms. The number of rotatable bonds is 7. The summed E-state index contributed by atoms with van der Waals surface area (Å²) >= 11 is 1.55. The largest absolute Gasteiger partial charge is 0.400 e. The van der Waals surface area contributed by atoms with Crippen LogP contribution in [0.15, 0.2) is 76.7 Å². The molecule has 1 amide bonds. The number of aliphatic hydroxyl groups excluding tert-OH is 1. The maximum atomic E-state index is 12.1. The predicted octanol–water partition coefficient (Wildman–Crippen LogP) is 5.53. The van der Waals surface area contributed by atoms with E-state index in [-0.39, 0.29) is 5.91 Å². The zero-order valence-corrected chi connectivity index (χ0v) is 17.3. The molecule has 2 aromatic carbocycles. The van der Waals surface area contributed by atoms with Gasteiger partial charge in [-0.25, -0.2) is 0 Å². The highest BCUT2D eigenvalue weighted by Gasteiger charge is 2.05. The topological polar surface area (TPSA) is 49.3 Å². The number of amides is 1. The summed E-state index contributed by atoms with van der Waals surface area (Å²) in [6.07, 6.45) is 3.15. The van der Waals surface area contributed by atoms with Crippen molar-refractivity contribution in [3.63, 3.8) is 0 Å². The van der Waals surface area contributed by atoms with Gasteiger partial charge in [0.2, 0.25) is 5.91 Å². The first-order valence-electron chi connectivity index (χ1n) is 8.94. The Morgan fingerprint density at radius 3 is 2.15 bits per heavy atom. The maximum Gasteiger partial charge on any atom is 0.225 e. The van der Waals surface area contributed by atoms with Crippen molar-refractivity contribution in [1.82, 2.24) is 5.32 Å². The number of aliphatic hydroxyl groups is 1. The molecule has 2 aromatic rings. The van der Waals surface area contributed by atoms with Crippen molar-refractivity contribution in [3.05, 3.63) is 82.2 Å². The fourth-order valence-corrected chi connectivity index (χ4v) is 2.97. The van der Waals surface area contributed by atoms with Crippen molar-refractivity contribution in [3.8, 4) is 11.1 Å². The zero-order chi connectivity index (χ0) is 20.1. The van der Waals surface area contributed by atoms with Gasteiger partial charge in [0.25, 0.3) is 0 Å². The van der Waals surface area contributed by atoms with E-state index in [0.29, 0.717) is 6.42 Å². The molecule has 0 aliphatic rings. The van der Waals surface area contributed by atoms with E-state index in [1.165, 1.54) is 22.3 Å². The molecule has 0 aliphatic carbocycles. The Labute approximate surface area is 167 Å². The van der Waals surface area contributed by atoms with E-state index in [1.807, 2.05) is 50.5 Å². The molecule has 0 unspecified atom stereocenters. The Morgan fingerprint density at radius 2 is 1.59 bits per heavy atom. The second kappa shape index (κ2) is 13.0. The molecule has 0 heterocycles. The lowest BCUT2D eigenvalue weighted by Crippen LogP contribution is -2.21. The minimum atomic E-state index is 0.0508. The van der Waals surface area contributed by atoms with Crippen molar-refractivity contribution >= 4 is 17.7 Å². The zero-order valence-electron chi connectivity index (χ0n) is 16.5. The van der Waals surface area contributed by atoms with Gasteiger partial charge in [-0.3, -0.25) is 4.79 Å². The highest BCUT2D eigenvalue weighted by atomic mass is 32.2. The molecular weight excluding hydrogens is 354 g/mol. The van der Waals surface area contributed by atoms with Crippen molar-refractivity contribution in [2.75, 3.05) is 7.11 Å². The Balaban J connectivity index is 0.00000176. The van der Waals surface area contributed by atoms with Gasteiger partial charge in [0.05, 0.1) is 5.03 Å². The average Bonchev–Trinajstić information content (AvgIpc) is 2.72. The lowest BCUT2D eigenvalue weighted by molar-refractivity contribution is -0.120. The molecule has 0 radical (unpaired) electrons. The summed E-state index contributed by atoms with van der Waals surface area (Å²) in [5, 5.41) is 12.9. The fraction of sp³-hybridized carbons (Fsp3) is 0.261. The molecule has 0 saturated heterocycles. The number of benzene rings is 2. The molecule has 0 aromatic heterocycles. The van der Waals surface area contributed by atoms with Gasteiger partial charge in [-0.05, 0) is 49.3 Å². The molecule has 4 heteroatoms. The summed E-state index contributed by atoms with van der Waals surface area (Å²) in [6, 6.07) is 18.7. The summed E-state index contributed by atoms with van der Waals surface area (Å²) in [5.74, 6) is 0.0508. The van der Waals surface area contributed by atoms with E-state index in [0.717, 1.165) is 18.6 Å². The quantitative estimate of drug-likeness (QED) is 0.661. The highest BCUT2D eigenvalue weighted by Crippen LogP contribution is 2.20. The smallest absolute Gasteiger partial charge is 0.225 e. The second-order valence-corrected chi connectivity index (χ2v) is 6.99. The number of nitrogens with one attached hydrogen (secondary N) is 1. The molecule has 2 N–H and O–H groups in total. The van der Waals surface area contributed by atoms with Crippen LogP contribution in [-0.4, -0.2) is 18.1 Å². The predicted molar refractivity (Wildman–Crippen MR) is 117 cm³/mol. The van der Waals surface area contributed by atoms with Gasteiger partial charge in [0.15, 0.2) is 0 Å². The molecule has 0 fully saturated rings. The van der Waals surface area contributed by atoms with Gasteiger partial charge in [0, 0.05) is 13.5 Å². The third kappa shape index (κ3) is 8.76. The van der Waals surface area contributed by atoms with E-state index in [2.05, 4.69) is 41.7 Å². The van der Waals surface area contributed by atoms with Gasteiger partial charge < -0.3 is 10.4 Å². The van der Waals surface area contributed by atoms with Crippen molar-refractivity contribution in [2.24, 2.45) is 0 Å². The third-order valence-electron chi connectivity index (χ3n) is 3.65. The van der Waals surface area contributed by atoms with Gasteiger partial charge in [-0.2, -0.15) is 0 Å². The Bertz CT molecular complexity index is 746. The first kappa shape index (κ1) is 22.7. The first-order valence-corrected chi connectivity index (χ1v) is 9.81. The van der Waals surface area contributed by atoms with Crippen LogP contribution in [0.3, 0.4) is 0 Å². The summed E-state index contributed by atoms with van der Waals surface area (Å²) < 4.78 is 0. The molecule has 2 rings (SSSR count). The van der Waals surface area contributed by atoms with Gasteiger partial charge in [-0.15, -0.1) is 0 Å². The second-order valence-electron chi connectivity index (χ2n) is 6.08. The fourth-order valence-electron chi connectivity index (χ4n) is 2.30. The van der Waals surface area contributed by atoms with Crippen LogP contribution >= 0.6 is 11.8 Å². The van der Waals surface area contributed by atoms with Crippen LogP contribution in [-0.2, 0) is 11.2 Å². The van der Waals surface area contributed by atoms with E-state index >= 15 is 0 Å². The molecule has 0 spiro atoms. The molecule has 0 atom stereocenters. The number of carbonyl (C=O) groups is 1. The van der Waals surface area contributed by atoms with E-state index in [4.69, 9.17) is 5.11 Å². The lowest BCUT2D eigenvalue weighted by atomic mass is 10.0. The number of allylic oxidation sites excluding steroid dienone is 2. The van der Waals surface area contributed by atoms with Crippen LogP contribution < -0.4 is 5.32 Å². The third-order valence-corrected chi connectivity index (χ3v) is 4.83. The summed E-state index contributed by atoms with van der Waals surface area (Å²) in [5.41, 5.74) is 4.80. The number of carbonyl (C=O) groups excluding carboxylic acids is 1. The number of thioether (sulfide) groups is 1. The minimum Gasteiger partial charge on any atom is -0.400 e. The van der Waals surface area contributed by atoms with Crippen LogP contribution in [0.4, 0.5) is 0 Å². The Hall–Kier alpha value is -2.30. The lowest BCUT2D eigenvalue weighted by Gasteiger charge is -2.08. The number of aryl methyl sites for hydroxylation is 1.